The Balaban J connectivity index is 2.20. The quantitative estimate of drug-likeness (QED) is 0.808. The highest BCUT2D eigenvalue weighted by molar-refractivity contribution is 6.28. The zero-order chi connectivity index (χ0) is 14.5. The lowest BCUT2D eigenvalue weighted by Crippen LogP contribution is -2.31. The Bertz CT molecular complexity index is 434. The van der Waals surface area contributed by atoms with Gasteiger partial charge in [-0.25, -0.2) is 0 Å². The summed E-state index contributed by atoms with van der Waals surface area (Å²) in [5.74, 6) is 2.04. The Hall–Kier alpha value is -1.10. The van der Waals surface area contributed by atoms with Crippen LogP contribution >= 0.6 is 11.6 Å². The largest absolute Gasteiger partial charge is 0.341 e. The Morgan fingerprint density at radius 1 is 1.20 bits per heavy atom. The zero-order valence-corrected chi connectivity index (χ0v) is 13.4. The van der Waals surface area contributed by atoms with Crippen LogP contribution in [0.15, 0.2) is 0 Å². The van der Waals surface area contributed by atoms with E-state index in [0.29, 0.717) is 17.1 Å². The third kappa shape index (κ3) is 3.72. The predicted molar refractivity (Wildman–Crippen MR) is 83.6 cm³/mol. The molecular formula is C14H24ClN5. The molecule has 1 aliphatic heterocycles. The third-order valence-corrected chi connectivity index (χ3v) is 4.04. The highest BCUT2D eigenvalue weighted by Crippen LogP contribution is 2.21. The van der Waals surface area contributed by atoms with Crippen LogP contribution < -0.4 is 9.80 Å². The molecule has 1 aromatic heterocycles. The van der Waals surface area contributed by atoms with Crippen LogP contribution in [0.25, 0.3) is 0 Å². The van der Waals surface area contributed by atoms with E-state index in [1.54, 1.807) is 0 Å². The monoisotopic (exact) mass is 297 g/mol. The van der Waals surface area contributed by atoms with Gasteiger partial charge in [0.1, 0.15) is 0 Å². The molecule has 112 valence electrons. The first-order chi connectivity index (χ1) is 9.63. The summed E-state index contributed by atoms with van der Waals surface area (Å²) in [5, 5.41) is 0.291. The van der Waals surface area contributed by atoms with E-state index < -0.39 is 0 Å². The van der Waals surface area contributed by atoms with Crippen LogP contribution in [-0.2, 0) is 0 Å². The Morgan fingerprint density at radius 3 is 2.50 bits per heavy atom. The number of hydrogen-bond donors (Lipinski definition) is 0. The average molecular weight is 298 g/mol. The van der Waals surface area contributed by atoms with Crippen LogP contribution in [-0.4, -0.2) is 41.1 Å². The topological polar surface area (TPSA) is 45.2 Å². The Morgan fingerprint density at radius 2 is 1.90 bits per heavy atom. The summed E-state index contributed by atoms with van der Waals surface area (Å²) in [4.78, 5) is 17.6. The first kappa shape index (κ1) is 15.3. The molecule has 2 rings (SSSR count). The molecule has 1 unspecified atom stereocenters. The molecule has 0 spiro atoms. The first-order valence-electron chi connectivity index (χ1n) is 7.55. The summed E-state index contributed by atoms with van der Waals surface area (Å²) < 4.78 is 0. The van der Waals surface area contributed by atoms with Crippen LogP contribution in [0.2, 0.25) is 5.28 Å². The zero-order valence-electron chi connectivity index (χ0n) is 12.6. The van der Waals surface area contributed by atoms with Gasteiger partial charge in [0.25, 0.3) is 0 Å². The summed E-state index contributed by atoms with van der Waals surface area (Å²) in [6.45, 7) is 10.4. The molecular weight excluding hydrogens is 274 g/mol. The van der Waals surface area contributed by atoms with E-state index in [9.17, 15) is 0 Å². The van der Waals surface area contributed by atoms with Gasteiger partial charge in [-0.2, -0.15) is 15.0 Å². The van der Waals surface area contributed by atoms with Gasteiger partial charge in [0.15, 0.2) is 0 Å². The van der Waals surface area contributed by atoms with Crippen molar-refractivity contribution in [2.75, 3.05) is 36.0 Å². The van der Waals surface area contributed by atoms with E-state index in [4.69, 9.17) is 11.6 Å². The number of halogens is 1. The number of hydrogen-bond acceptors (Lipinski definition) is 5. The van der Waals surface area contributed by atoms with Crippen molar-refractivity contribution in [1.82, 2.24) is 15.0 Å². The molecule has 1 atom stereocenters. The van der Waals surface area contributed by atoms with Gasteiger partial charge in [0.2, 0.25) is 17.2 Å². The minimum absolute atomic E-state index is 0.291. The summed E-state index contributed by atoms with van der Waals surface area (Å²) in [6, 6.07) is 0. The minimum atomic E-state index is 0.291. The third-order valence-electron chi connectivity index (χ3n) is 3.87. The molecule has 0 bridgehead atoms. The fourth-order valence-electron chi connectivity index (χ4n) is 2.39. The molecule has 1 aliphatic rings. The fourth-order valence-corrected chi connectivity index (χ4v) is 2.54. The second kappa shape index (κ2) is 7.07. The SMILES string of the molecule is CCC(C)CN(CC)c1nc(Cl)nc(N2CCCC2)n1. The molecule has 1 aromatic rings. The molecule has 1 fully saturated rings. The van der Waals surface area contributed by atoms with Crippen molar-refractivity contribution in [2.24, 2.45) is 5.92 Å². The lowest BCUT2D eigenvalue weighted by molar-refractivity contribution is 0.542. The van der Waals surface area contributed by atoms with Gasteiger partial charge in [-0.1, -0.05) is 20.3 Å². The van der Waals surface area contributed by atoms with Gasteiger partial charge in [0, 0.05) is 26.2 Å². The van der Waals surface area contributed by atoms with Crippen molar-refractivity contribution >= 4 is 23.5 Å². The second-order valence-corrected chi connectivity index (χ2v) is 5.79. The van der Waals surface area contributed by atoms with Crippen LogP contribution in [0.3, 0.4) is 0 Å². The van der Waals surface area contributed by atoms with Gasteiger partial charge < -0.3 is 9.80 Å². The summed E-state index contributed by atoms with van der Waals surface area (Å²) in [6.07, 6.45) is 3.54. The maximum atomic E-state index is 6.08. The van der Waals surface area contributed by atoms with Crippen LogP contribution in [0.1, 0.15) is 40.0 Å². The highest BCUT2D eigenvalue weighted by atomic mass is 35.5. The molecule has 0 aliphatic carbocycles. The van der Waals surface area contributed by atoms with E-state index in [0.717, 1.165) is 38.5 Å². The van der Waals surface area contributed by atoms with Gasteiger partial charge in [-0.05, 0) is 37.3 Å². The van der Waals surface area contributed by atoms with Crippen molar-refractivity contribution in [3.05, 3.63) is 5.28 Å². The molecule has 5 nitrogen and oxygen atoms in total. The van der Waals surface area contributed by atoms with E-state index in [-0.39, 0.29) is 0 Å². The summed E-state index contributed by atoms with van der Waals surface area (Å²) in [7, 11) is 0. The normalized spacial score (nSPS) is 16.5. The van der Waals surface area contributed by atoms with Gasteiger partial charge in [-0.3, -0.25) is 0 Å². The summed E-state index contributed by atoms with van der Waals surface area (Å²) >= 11 is 6.08. The van der Waals surface area contributed by atoms with Crippen molar-refractivity contribution < 1.29 is 0 Å². The molecule has 6 heteroatoms. The molecule has 0 N–H and O–H groups in total. The van der Waals surface area contributed by atoms with E-state index in [1.807, 2.05) is 0 Å². The van der Waals surface area contributed by atoms with Crippen LogP contribution in [0.5, 0.6) is 0 Å². The minimum Gasteiger partial charge on any atom is -0.341 e. The van der Waals surface area contributed by atoms with E-state index >= 15 is 0 Å². The molecule has 0 saturated carbocycles. The standard InChI is InChI=1S/C14H24ClN5/c1-4-11(3)10-19(5-2)13-16-12(15)17-14(18-13)20-8-6-7-9-20/h11H,4-10H2,1-3H3. The first-order valence-corrected chi connectivity index (χ1v) is 7.93. The van der Waals surface area contributed by atoms with Crippen molar-refractivity contribution in [3.63, 3.8) is 0 Å². The van der Waals surface area contributed by atoms with E-state index in [1.165, 1.54) is 12.8 Å². The number of anilines is 2. The lowest BCUT2D eigenvalue weighted by Gasteiger charge is -2.25. The lowest BCUT2D eigenvalue weighted by atomic mass is 10.1. The van der Waals surface area contributed by atoms with Crippen molar-refractivity contribution in [3.8, 4) is 0 Å². The molecule has 20 heavy (non-hydrogen) atoms. The number of aromatic nitrogens is 3. The van der Waals surface area contributed by atoms with E-state index in [2.05, 4.69) is 45.5 Å². The Labute approximate surface area is 126 Å². The van der Waals surface area contributed by atoms with Crippen LogP contribution in [0, 0.1) is 5.92 Å². The van der Waals surface area contributed by atoms with Gasteiger partial charge in [-0.15, -0.1) is 0 Å². The van der Waals surface area contributed by atoms with Gasteiger partial charge >= 0.3 is 0 Å². The molecule has 2 heterocycles. The Kier molecular flexibility index (Phi) is 5.40. The van der Waals surface area contributed by atoms with Gasteiger partial charge in [0.05, 0.1) is 0 Å². The summed E-state index contributed by atoms with van der Waals surface area (Å²) in [5.41, 5.74) is 0. The molecule has 1 saturated heterocycles. The second-order valence-electron chi connectivity index (χ2n) is 5.45. The average Bonchev–Trinajstić information content (AvgIpc) is 2.97. The van der Waals surface area contributed by atoms with Crippen molar-refractivity contribution in [2.45, 2.75) is 40.0 Å². The maximum Gasteiger partial charge on any atom is 0.231 e. The van der Waals surface area contributed by atoms with Crippen molar-refractivity contribution in [1.29, 1.82) is 0 Å². The predicted octanol–water partition coefficient (Wildman–Crippen LogP) is 3.00. The fraction of sp³-hybridized carbons (Fsp3) is 0.786. The van der Waals surface area contributed by atoms with Crippen LogP contribution in [0.4, 0.5) is 11.9 Å². The number of rotatable bonds is 6. The maximum absolute atomic E-state index is 6.08. The smallest absolute Gasteiger partial charge is 0.231 e. The molecule has 0 aromatic carbocycles. The molecule has 0 amide bonds. The molecule has 0 radical (unpaired) electrons. The highest BCUT2D eigenvalue weighted by Gasteiger charge is 2.19. The number of nitrogens with zero attached hydrogens (tertiary/aromatic N) is 5.